The van der Waals surface area contributed by atoms with Gasteiger partial charge in [0.1, 0.15) is 0 Å². The molecule has 0 bridgehead atoms. The molecule has 1 heterocycles. The summed E-state index contributed by atoms with van der Waals surface area (Å²) in [6.07, 6.45) is 2.49. The van der Waals surface area contributed by atoms with Gasteiger partial charge in [0.05, 0.1) is 6.61 Å². The van der Waals surface area contributed by atoms with Crippen molar-refractivity contribution in [2.75, 3.05) is 31.7 Å². The lowest BCUT2D eigenvalue weighted by Gasteiger charge is -2.35. The van der Waals surface area contributed by atoms with Crippen molar-refractivity contribution in [3.05, 3.63) is 28.2 Å². The number of anilines is 1. The Labute approximate surface area is 122 Å². The SMILES string of the molecule is COCC1CCCN(c2ccc(Br)cc2CCl)C1. The third-order valence-corrected chi connectivity index (χ3v) is 4.23. The van der Waals surface area contributed by atoms with Crippen molar-refractivity contribution in [1.82, 2.24) is 0 Å². The second-order valence-electron chi connectivity index (χ2n) is 4.82. The lowest BCUT2D eigenvalue weighted by atomic mass is 9.98. The van der Waals surface area contributed by atoms with Gasteiger partial charge in [-0.05, 0) is 42.5 Å². The molecule has 1 aromatic carbocycles. The molecule has 0 amide bonds. The number of halogens is 2. The topological polar surface area (TPSA) is 12.5 Å². The highest BCUT2D eigenvalue weighted by Gasteiger charge is 2.21. The summed E-state index contributed by atoms with van der Waals surface area (Å²) in [5.74, 6) is 1.19. The average molecular weight is 333 g/mol. The van der Waals surface area contributed by atoms with E-state index in [4.69, 9.17) is 16.3 Å². The summed E-state index contributed by atoms with van der Waals surface area (Å²) in [6, 6.07) is 6.37. The van der Waals surface area contributed by atoms with E-state index >= 15 is 0 Å². The van der Waals surface area contributed by atoms with Gasteiger partial charge in [0.25, 0.3) is 0 Å². The number of alkyl halides is 1. The summed E-state index contributed by atoms with van der Waals surface area (Å²) in [5.41, 5.74) is 2.47. The van der Waals surface area contributed by atoms with E-state index in [0.29, 0.717) is 11.8 Å². The van der Waals surface area contributed by atoms with Gasteiger partial charge in [-0.25, -0.2) is 0 Å². The molecule has 1 unspecified atom stereocenters. The van der Waals surface area contributed by atoms with Gasteiger partial charge in [0.2, 0.25) is 0 Å². The number of hydrogen-bond donors (Lipinski definition) is 0. The highest BCUT2D eigenvalue weighted by Crippen LogP contribution is 2.29. The smallest absolute Gasteiger partial charge is 0.0507 e. The van der Waals surface area contributed by atoms with Crippen LogP contribution in [0.25, 0.3) is 0 Å². The van der Waals surface area contributed by atoms with Crippen molar-refractivity contribution >= 4 is 33.2 Å². The van der Waals surface area contributed by atoms with Crippen LogP contribution in [0.2, 0.25) is 0 Å². The lowest BCUT2D eigenvalue weighted by molar-refractivity contribution is 0.143. The first-order valence-electron chi connectivity index (χ1n) is 6.33. The lowest BCUT2D eigenvalue weighted by Crippen LogP contribution is -2.37. The second-order valence-corrected chi connectivity index (χ2v) is 6.00. The van der Waals surface area contributed by atoms with Gasteiger partial charge < -0.3 is 9.64 Å². The zero-order valence-electron chi connectivity index (χ0n) is 10.7. The first-order chi connectivity index (χ1) is 8.74. The van der Waals surface area contributed by atoms with Crippen molar-refractivity contribution in [2.45, 2.75) is 18.7 Å². The normalized spacial score (nSPS) is 20.2. The molecule has 100 valence electrons. The van der Waals surface area contributed by atoms with Gasteiger partial charge in [-0.1, -0.05) is 15.9 Å². The molecule has 1 fully saturated rings. The molecule has 2 nitrogen and oxygen atoms in total. The third kappa shape index (κ3) is 3.40. The molecule has 0 aromatic heterocycles. The van der Waals surface area contributed by atoms with E-state index in [1.54, 1.807) is 7.11 Å². The molecule has 1 atom stereocenters. The van der Waals surface area contributed by atoms with E-state index in [1.165, 1.54) is 24.1 Å². The van der Waals surface area contributed by atoms with Gasteiger partial charge in [0.15, 0.2) is 0 Å². The Hall–Kier alpha value is -0.250. The predicted molar refractivity (Wildman–Crippen MR) is 80.5 cm³/mol. The minimum Gasteiger partial charge on any atom is -0.384 e. The van der Waals surface area contributed by atoms with Crippen LogP contribution in [0.4, 0.5) is 5.69 Å². The maximum atomic E-state index is 6.05. The molecule has 1 aliphatic heterocycles. The molecule has 0 N–H and O–H groups in total. The molecular formula is C14H19BrClNO. The Morgan fingerprint density at radius 3 is 3.06 bits per heavy atom. The van der Waals surface area contributed by atoms with Crippen LogP contribution in [0, 0.1) is 5.92 Å². The highest BCUT2D eigenvalue weighted by molar-refractivity contribution is 9.10. The Morgan fingerprint density at radius 1 is 1.50 bits per heavy atom. The van der Waals surface area contributed by atoms with Crippen molar-refractivity contribution in [3.8, 4) is 0 Å². The van der Waals surface area contributed by atoms with E-state index in [9.17, 15) is 0 Å². The van der Waals surface area contributed by atoms with Crippen molar-refractivity contribution < 1.29 is 4.74 Å². The number of piperidine rings is 1. The molecule has 0 spiro atoms. The van der Waals surface area contributed by atoms with Crippen LogP contribution in [-0.4, -0.2) is 26.8 Å². The maximum absolute atomic E-state index is 6.05. The molecule has 1 aromatic rings. The summed E-state index contributed by atoms with van der Waals surface area (Å²) >= 11 is 9.55. The summed E-state index contributed by atoms with van der Waals surface area (Å²) in [6.45, 7) is 3.04. The first-order valence-corrected chi connectivity index (χ1v) is 7.65. The molecule has 0 aliphatic carbocycles. The van der Waals surface area contributed by atoms with E-state index < -0.39 is 0 Å². The Kier molecular flexibility index (Phi) is 5.34. The van der Waals surface area contributed by atoms with Crippen LogP contribution in [-0.2, 0) is 10.6 Å². The Balaban J connectivity index is 2.15. The van der Waals surface area contributed by atoms with Crippen molar-refractivity contribution in [1.29, 1.82) is 0 Å². The predicted octanol–water partition coefficient (Wildman–Crippen LogP) is 4.05. The van der Waals surface area contributed by atoms with Gasteiger partial charge in [-0.15, -0.1) is 11.6 Å². The number of rotatable bonds is 4. The summed E-state index contributed by atoms with van der Waals surface area (Å²) in [7, 11) is 1.78. The minimum atomic E-state index is 0.556. The Bertz CT molecular complexity index is 397. The number of benzene rings is 1. The zero-order valence-corrected chi connectivity index (χ0v) is 13.0. The monoisotopic (exact) mass is 331 g/mol. The number of ether oxygens (including phenoxy) is 1. The minimum absolute atomic E-state index is 0.556. The fraction of sp³-hybridized carbons (Fsp3) is 0.571. The van der Waals surface area contributed by atoms with Crippen molar-refractivity contribution in [2.24, 2.45) is 5.92 Å². The highest BCUT2D eigenvalue weighted by atomic mass is 79.9. The van der Waals surface area contributed by atoms with Crippen LogP contribution in [0.3, 0.4) is 0 Å². The molecule has 18 heavy (non-hydrogen) atoms. The molecule has 0 saturated carbocycles. The number of methoxy groups -OCH3 is 1. The molecule has 4 heteroatoms. The van der Waals surface area contributed by atoms with Gasteiger partial charge >= 0.3 is 0 Å². The number of nitrogens with zero attached hydrogens (tertiary/aromatic N) is 1. The van der Waals surface area contributed by atoms with Crippen LogP contribution in [0.15, 0.2) is 22.7 Å². The van der Waals surface area contributed by atoms with Gasteiger partial charge in [-0.2, -0.15) is 0 Å². The third-order valence-electron chi connectivity index (χ3n) is 3.45. The van der Waals surface area contributed by atoms with Gasteiger partial charge in [0, 0.05) is 36.2 Å². The van der Waals surface area contributed by atoms with E-state index in [1.807, 2.05) is 0 Å². The number of hydrogen-bond acceptors (Lipinski definition) is 2. The van der Waals surface area contributed by atoms with E-state index in [-0.39, 0.29) is 0 Å². The summed E-state index contributed by atoms with van der Waals surface area (Å²) < 4.78 is 6.37. The van der Waals surface area contributed by atoms with Crippen molar-refractivity contribution in [3.63, 3.8) is 0 Å². The van der Waals surface area contributed by atoms with Gasteiger partial charge in [-0.3, -0.25) is 0 Å². The van der Waals surface area contributed by atoms with E-state index in [2.05, 4.69) is 39.0 Å². The Morgan fingerprint density at radius 2 is 2.33 bits per heavy atom. The van der Waals surface area contributed by atoms with Crippen LogP contribution >= 0.6 is 27.5 Å². The molecular weight excluding hydrogens is 314 g/mol. The first kappa shape index (κ1) is 14.2. The summed E-state index contributed by atoms with van der Waals surface area (Å²) in [5, 5.41) is 0. The maximum Gasteiger partial charge on any atom is 0.0507 e. The standard InChI is InChI=1S/C14H19BrClNO/c1-18-10-11-3-2-6-17(9-11)14-5-4-13(15)7-12(14)8-16/h4-5,7,11H,2-3,6,8-10H2,1H3. The quantitative estimate of drug-likeness (QED) is 0.771. The average Bonchev–Trinajstić information content (AvgIpc) is 2.39. The van der Waals surface area contributed by atoms with Crippen LogP contribution < -0.4 is 4.90 Å². The zero-order chi connectivity index (χ0) is 13.0. The largest absolute Gasteiger partial charge is 0.384 e. The van der Waals surface area contributed by atoms with Crippen LogP contribution in [0.5, 0.6) is 0 Å². The second kappa shape index (κ2) is 6.78. The molecule has 1 aliphatic rings. The molecule has 1 saturated heterocycles. The summed E-state index contributed by atoms with van der Waals surface area (Å²) in [4.78, 5) is 2.44. The molecule has 2 rings (SSSR count). The fourth-order valence-corrected chi connectivity index (χ4v) is 3.25. The van der Waals surface area contributed by atoms with E-state index in [0.717, 1.165) is 24.2 Å². The fourth-order valence-electron chi connectivity index (χ4n) is 2.63. The van der Waals surface area contributed by atoms with Crippen LogP contribution in [0.1, 0.15) is 18.4 Å². The molecule has 0 radical (unpaired) electrons.